The van der Waals surface area contributed by atoms with Crippen LogP contribution in [0.5, 0.6) is 0 Å². The molecule has 0 bridgehead atoms. The Morgan fingerprint density at radius 1 is 0.317 bits per heavy atom. The molecule has 41 heavy (non-hydrogen) atoms. The van der Waals surface area contributed by atoms with Crippen molar-refractivity contribution in [3.8, 4) is 0 Å². The molecule has 244 valence electrons. The molecule has 0 unspecified atom stereocenters. The summed E-state index contributed by atoms with van der Waals surface area (Å²) in [5, 5.41) is 0. The van der Waals surface area contributed by atoms with Gasteiger partial charge in [0.2, 0.25) is 0 Å². The lowest BCUT2D eigenvalue weighted by atomic mass is 10.0. The van der Waals surface area contributed by atoms with Gasteiger partial charge >= 0.3 is 0 Å². The Morgan fingerprint density at radius 2 is 0.561 bits per heavy atom. The zero-order valence-electron chi connectivity index (χ0n) is 29.0. The quantitative estimate of drug-likeness (QED) is 0.0719. The zero-order valence-corrected chi connectivity index (χ0v) is 29.0. The fourth-order valence-corrected chi connectivity index (χ4v) is 6.70. The Balaban J connectivity index is 1.99. The number of unbranched alkanes of at least 4 members (excludes halogenated alkanes) is 27. The maximum absolute atomic E-state index is 2.68. The van der Waals surface area contributed by atoms with E-state index >= 15 is 0 Å². The van der Waals surface area contributed by atoms with Crippen molar-refractivity contribution in [2.45, 2.75) is 226 Å². The number of nitrogens with zero attached hydrogens (tertiary/aromatic N) is 2. The fraction of sp³-hybridized carbons (Fsp3) is 0.949. The molecule has 0 amide bonds. The van der Waals surface area contributed by atoms with Gasteiger partial charge in [-0.05, 0) is 25.7 Å². The van der Waals surface area contributed by atoms with Crippen molar-refractivity contribution in [2.75, 3.05) is 13.1 Å². The SMILES string of the molecule is CCCCCCCCCCCCCCCCN1C=CN(CCCCCCCCCCCCCCCC)C1CCCC. The van der Waals surface area contributed by atoms with Crippen LogP contribution in [0.4, 0.5) is 0 Å². The molecule has 1 aliphatic rings. The first-order valence-electron chi connectivity index (χ1n) is 19.5. The molecule has 0 atom stereocenters. The minimum absolute atomic E-state index is 0.638. The van der Waals surface area contributed by atoms with E-state index in [9.17, 15) is 0 Å². The van der Waals surface area contributed by atoms with Gasteiger partial charge in [0.1, 0.15) is 6.17 Å². The lowest BCUT2D eigenvalue weighted by molar-refractivity contribution is 0.136. The van der Waals surface area contributed by atoms with Crippen molar-refractivity contribution in [3.63, 3.8) is 0 Å². The molecular weight excluding hydrogens is 496 g/mol. The molecule has 0 fully saturated rings. The van der Waals surface area contributed by atoms with Crippen molar-refractivity contribution >= 4 is 0 Å². The zero-order chi connectivity index (χ0) is 29.5. The molecule has 1 rings (SSSR count). The van der Waals surface area contributed by atoms with E-state index in [2.05, 4.69) is 43.0 Å². The predicted molar refractivity (Wildman–Crippen MR) is 186 cm³/mol. The van der Waals surface area contributed by atoms with Crippen molar-refractivity contribution in [1.29, 1.82) is 0 Å². The van der Waals surface area contributed by atoms with Crippen LogP contribution in [0.3, 0.4) is 0 Å². The van der Waals surface area contributed by atoms with Crippen LogP contribution >= 0.6 is 0 Å². The molecule has 2 nitrogen and oxygen atoms in total. The van der Waals surface area contributed by atoms with Gasteiger partial charge in [0, 0.05) is 25.5 Å². The molecule has 2 heteroatoms. The van der Waals surface area contributed by atoms with Gasteiger partial charge in [-0.2, -0.15) is 0 Å². The van der Waals surface area contributed by atoms with E-state index in [1.807, 2.05) is 0 Å². The van der Waals surface area contributed by atoms with Crippen molar-refractivity contribution in [3.05, 3.63) is 12.4 Å². The first-order chi connectivity index (χ1) is 20.3. The van der Waals surface area contributed by atoms with Crippen LogP contribution in [0.15, 0.2) is 12.4 Å². The van der Waals surface area contributed by atoms with Gasteiger partial charge in [-0.1, -0.05) is 194 Å². The molecule has 0 aliphatic carbocycles. The molecule has 1 aliphatic heterocycles. The summed E-state index contributed by atoms with van der Waals surface area (Å²) in [6.45, 7) is 9.49. The van der Waals surface area contributed by atoms with Crippen LogP contribution in [0.1, 0.15) is 220 Å². The highest BCUT2D eigenvalue weighted by molar-refractivity contribution is 4.96. The van der Waals surface area contributed by atoms with E-state index in [0.29, 0.717) is 6.17 Å². The second-order valence-electron chi connectivity index (χ2n) is 13.6. The van der Waals surface area contributed by atoms with E-state index in [1.54, 1.807) is 0 Å². The van der Waals surface area contributed by atoms with Crippen LogP contribution < -0.4 is 0 Å². The van der Waals surface area contributed by atoms with Gasteiger partial charge in [0.05, 0.1) is 0 Å². The van der Waals surface area contributed by atoms with Crippen LogP contribution in [0.25, 0.3) is 0 Å². The first kappa shape index (κ1) is 38.4. The minimum Gasteiger partial charge on any atom is -0.356 e. The molecule has 0 radical (unpaired) electrons. The second kappa shape index (κ2) is 30.8. The maximum Gasteiger partial charge on any atom is 0.101 e. The Labute approximate surface area is 260 Å². The molecule has 0 saturated carbocycles. The topological polar surface area (TPSA) is 6.48 Å². The van der Waals surface area contributed by atoms with Crippen molar-refractivity contribution in [2.24, 2.45) is 0 Å². The molecular formula is C39H78N2. The van der Waals surface area contributed by atoms with Crippen LogP contribution in [0, 0.1) is 0 Å². The number of rotatable bonds is 33. The fourth-order valence-electron chi connectivity index (χ4n) is 6.70. The van der Waals surface area contributed by atoms with Gasteiger partial charge in [0.25, 0.3) is 0 Å². The summed E-state index contributed by atoms with van der Waals surface area (Å²) in [4.78, 5) is 5.36. The Bertz CT molecular complexity index is 488. The van der Waals surface area contributed by atoms with E-state index in [4.69, 9.17) is 0 Å². The third-order valence-corrected chi connectivity index (χ3v) is 9.57. The van der Waals surface area contributed by atoms with Crippen molar-refractivity contribution < 1.29 is 0 Å². The highest BCUT2D eigenvalue weighted by atomic mass is 15.4. The Kier molecular flexibility index (Phi) is 28.8. The largest absolute Gasteiger partial charge is 0.356 e. The van der Waals surface area contributed by atoms with E-state index in [-0.39, 0.29) is 0 Å². The van der Waals surface area contributed by atoms with E-state index in [0.717, 1.165) is 0 Å². The molecule has 1 heterocycles. The molecule has 0 aromatic rings. The first-order valence-corrected chi connectivity index (χ1v) is 19.5. The smallest absolute Gasteiger partial charge is 0.101 e. The van der Waals surface area contributed by atoms with E-state index < -0.39 is 0 Å². The van der Waals surface area contributed by atoms with Crippen LogP contribution in [-0.4, -0.2) is 29.1 Å². The monoisotopic (exact) mass is 575 g/mol. The normalized spacial score (nSPS) is 13.7. The standard InChI is InChI=1S/C39H78N2/c1-4-7-10-12-14-16-18-20-22-24-26-28-30-32-35-40-37-38-41(39(40)34-9-6-3)36-33-31-29-27-25-23-21-19-17-15-13-11-8-5-2/h37-39H,4-36H2,1-3H3. The minimum atomic E-state index is 0.638. The van der Waals surface area contributed by atoms with E-state index in [1.165, 1.54) is 212 Å². The number of hydrogen-bond acceptors (Lipinski definition) is 2. The summed E-state index contributed by atoms with van der Waals surface area (Å²) >= 11 is 0. The highest BCUT2D eigenvalue weighted by Gasteiger charge is 2.24. The molecule has 0 aromatic carbocycles. The summed E-state index contributed by atoms with van der Waals surface area (Å²) in [6, 6.07) is 0. The number of hydrogen-bond donors (Lipinski definition) is 0. The molecule has 0 N–H and O–H groups in total. The highest BCUT2D eigenvalue weighted by Crippen LogP contribution is 2.23. The third-order valence-electron chi connectivity index (χ3n) is 9.57. The van der Waals surface area contributed by atoms with Gasteiger partial charge in [-0.25, -0.2) is 0 Å². The summed E-state index contributed by atoms with van der Waals surface area (Å²) < 4.78 is 0. The van der Waals surface area contributed by atoms with Crippen LogP contribution in [0.2, 0.25) is 0 Å². The van der Waals surface area contributed by atoms with Crippen LogP contribution in [-0.2, 0) is 0 Å². The average Bonchev–Trinajstić information content (AvgIpc) is 3.37. The van der Waals surface area contributed by atoms with Gasteiger partial charge in [-0.15, -0.1) is 0 Å². The van der Waals surface area contributed by atoms with Crippen molar-refractivity contribution in [1.82, 2.24) is 9.80 Å². The molecule has 0 aromatic heterocycles. The third kappa shape index (κ3) is 23.5. The second-order valence-corrected chi connectivity index (χ2v) is 13.6. The molecule has 0 saturated heterocycles. The summed E-state index contributed by atoms with van der Waals surface area (Å²) in [6.07, 6.45) is 50.0. The average molecular weight is 575 g/mol. The van der Waals surface area contributed by atoms with Gasteiger partial charge < -0.3 is 9.80 Å². The van der Waals surface area contributed by atoms with Gasteiger partial charge in [0.15, 0.2) is 0 Å². The summed E-state index contributed by atoms with van der Waals surface area (Å²) in [5.41, 5.74) is 0. The predicted octanol–water partition coefficient (Wildman–Crippen LogP) is 13.6. The lowest BCUT2D eigenvalue weighted by Gasteiger charge is -2.33. The van der Waals surface area contributed by atoms with Gasteiger partial charge in [-0.3, -0.25) is 0 Å². The Hall–Kier alpha value is -0.660. The summed E-state index contributed by atoms with van der Waals surface area (Å²) in [7, 11) is 0. The Morgan fingerprint density at radius 3 is 0.829 bits per heavy atom. The molecule has 0 spiro atoms. The lowest BCUT2D eigenvalue weighted by Crippen LogP contribution is -2.39. The maximum atomic E-state index is 2.68. The summed E-state index contributed by atoms with van der Waals surface area (Å²) in [5.74, 6) is 0.